The molecule has 0 saturated carbocycles. The van der Waals surface area contributed by atoms with Crippen LogP contribution in [0.2, 0.25) is 0 Å². The lowest BCUT2D eigenvalue weighted by atomic mass is 9.89. The highest BCUT2D eigenvalue weighted by Crippen LogP contribution is 2.30. The first-order valence-electron chi connectivity index (χ1n) is 7.71. The molecule has 1 aromatic heterocycles. The average molecular weight is 277 g/mol. The Kier molecular flexibility index (Phi) is 5.52. The molecule has 0 aromatic carbocycles. The molecule has 1 aliphatic rings. The molecule has 3 unspecified atom stereocenters. The standard InChI is InChI=1S/C16H27N3O/c1-3-15(17)16(14-5-4-8-18-11-14)19-9-6-13(7-10-19)12(2)20/h4-5,8,11-13,15-16,20H,3,6-7,9-10,17H2,1-2H3. The lowest BCUT2D eigenvalue weighted by Crippen LogP contribution is -2.45. The summed E-state index contributed by atoms with van der Waals surface area (Å²) in [6, 6.07) is 4.47. The van der Waals surface area contributed by atoms with E-state index in [2.05, 4.69) is 22.9 Å². The van der Waals surface area contributed by atoms with Crippen molar-refractivity contribution in [2.45, 2.75) is 51.3 Å². The number of piperidine rings is 1. The minimum Gasteiger partial charge on any atom is -0.393 e. The van der Waals surface area contributed by atoms with E-state index in [9.17, 15) is 5.11 Å². The topological polar surface area (TPSA) is 62.4 Å². The van der Waals surface area contributed by atoms with Gasteiger partial charge in [0.15, 0.2) is 0 Å². The van der Waals surface area contributed by atoms with Crippen molar-refractivity contribution in [3.05, 3.63) is 30.1 Å². The fourth-order valence-electron chi connectivity index (χ4n) is 3.18. The number of pyridine rings is 1. The zero-order valence-corrected chi connectivity index (χ0v) is 12.6. The first-order chi connectivity index (χ1) is 9.63. The lowest BCUT2D eigenvalue weighted by molar-refractivity contribution is 0.0495. The number of hydrogen-bond donors (Lipinski definition) is 2. The van der Waals surface area contributed by atoms with Crippen molar-refractivity contribution in [1.29, 1.82) is 0 Å². The van der Waals surface area contributed by atoms with Crippen LogP contribution in [0.25, 0.3) is 0 Å². The molecule has 1 saturated heterocycles. The highest BCUT2D eigenvalue weighted by Gasteiger charge is 2.30. The molecule has 4 nitrogen and oxygen atoms in total. The smallest absolute Gasteiger partial charge is 0.0541 e. The molecule has 4 heteroatoms. The van der Waals surface area contributed by atoms with E-state index in [1.807, 2.05) is 19.2 Å². The molecule has 0 radical (unpaired) electrons. The Balaban J connectivity index is 2.09. The molecule has 20 heavy (non-hydrogen) atoms. The number of aliphatic hydroxyl groups excluding tert-OH is 1. The first kappa shape index (κ1) is 15.4. The Hall–Kier alpha value is -0.970. The second-order valence-electron chi connectivity index (χ2n) is 5.92. The van der Waals surface area contributed by atoms with Gasteiger partial charge in [-0.3, -0.25) is 9.88 Å². The summed E-state index contributed by atoms with van der Waals surface area (Å²) in [5.74, 6) is 0.429. The number of hydrogen-bond acceptors (Lipinski definition) is 4. The van der Waals surface area contributed by atoms with Crippen molar-refractivity contribution in [3.63, 3.8) is 0 Å². The van der Waals surface area contributed by atoms with Crippen LogP contribution in [0.5, 0.6) is 0 Å². The van der Waals surface area contributed by atoms with Gasteiger partial charge in [0, 0.05) is 18.4 Å². The molecule has 2 heterocycles. The van der Waals surface area contributed by atoms with E-state index in [0.29, 0.717) is 5.92 Å². The van der Waals surface area contributed by atoms with E-state index in [1.54, 1.807) is 6.20 Å². The van der Waals surface area contributed by atoms with Crippen molar-refractivity contribution in [2.75, 3.05) is 13.1 Å². The molecule has 1 aliphatic heterocycles. The number of aromatic nitrogens is 1. The summed E-state index contributed by atoms with van der Waals surface area (Å²) in [6.45, 7) is 6.04. The molecule has 1 aromatic rings. The van der Waals surface area contributed by atoms with Crippen LogP contribution in [0.1, 0.15) is 44.7 Å². The highest BCUT2D eigenvalue weighted by molar-refractivity contribution is 5.16. The maximum atomic E-state index is 9.72. The molecule has 0 amide bonds. The molecule has 0 spiro atoms. The van der Waals surface area contributed by atoms with Gasteiger partial charge in [-0.25, -0.2) is 0 Å². The van der Waals surface area contributed by atoms with Crippen LogP contribution in [-0.2, 0) is 0 Å². The molecule has 0 aliphatic carbocycles. The highest BCUT2D eigenvalue weighted by atomic mass is 16.3. The van der Waals surface area contributed by atoms with Crippen LogP contribution in [0.3, 0.4) is 0 Å². The fraction of sp³-hybridized carbons (Fsp3) is 0.688. The summed E-state index contributed by atoms with van der Waals surface area (Å²) in [5, 5.41) is 9.72. The van der Waals surface area contributed by atoms with E-state index in [0.717, 1.165) is 32.4 Å². The third-order valence-electron chi connectivity index (χ3n) is 4.55. The van der Waals surface area contributed by atoms with Gasteiger partial charge in [-0.05, 0) is 56.8 Å². The number of aliphatic hydroxyl groups is 1. The molecule has 3 N–H and O–H groups in total. The van der Waals surface area contributed by atoms with Crippen LogP contribution in [0.15, 0.2) is 24.5 Å². The molecular formula is C16H27N3O. The van der Waals surface area contributed by atoms with Crippen molar-refractivity contribution >= 4 is 0 Å². The van der Waals surface area contributed by atoms with Gasteiger partial charge in [0.2, 0.25) is 0 Å². The third kappa shape index (κ3) is 3.57. The number of rotatable bonds is 5. The molecule has 0 bridgehead atoms. The van der Waals surface area contributed by atoms with E-state index < -0.39 is 0 Å². The number of nitrogens with zero attached hydrogens (tertiary/aromatic N) is 2. The quantitative estimate of drug-likeness (QED) is 0.863. The number of nitrogens with two attached hydrogens (primary N) is 1. The van der Waals surface area contributed by atoms with Crippen LogP contribution in [0.4, 0.5) is 0 Å². The van der Waals surface area contributed by atoms with Crippen LogP contribution in [0, 0.1) is 5.92 Å². The van der Waals surface area contributed by atoms with Crippen molar-refractivity contribution in [2.24, 2.45) is 11.7 Å². The van der Waals surface area contributed by atoms with Crippen LogP contribution < -0.4 is 5.73 Å². The molecule has 1 fully saturated rings. The minimum absolute atomic E-state index is 0.127. The van der Waals surface area contributed by atoms with E-state index in [1.165, 1.54) is 5.56 Å². The predicted molar refractivity (Wildman–Crippen MR) is 81.2 cm³/mol. The molecule has 112 valence electrons. The summed E-state index contributed by atoms with van der Waals surface area (Å²) < 4.78 is 0. The van der Waals surface area contributed by atoms with Gasteiger partial charge in [-0.1, -0.05) is 13.0 Å². The van der Waals surface area contributed by atoms with Gasteiger partial charge in [-0.15, -0.1) is 0 Å². The molecule has 2 rings (SSSR count). The van der Waals surface area contributed by atoms with E-state index >= 15 is 0 Å². The average Bonchev–Trinajstić information content (AvgIpc) is 2.49. The van der Waals surface area contributed by atoms with E-state index in [-0.39, 0.29) is 18.2 Å². The second-order valence-corrected chi connectivity index (χ2v) is 5.92. The lowest BCUT2D eigenvalue weighted by Gasteiger charge is -2.40. The second kappa shape index (κ2) is 7.16. The summed E-state index contributed by atoms with van der Waals surface area (Å²) in [6.07, 6.45) is 6.58. The Labute approximate surface area is 122 Å². The summed E-state index contributed by atoms with van der Waals surface area (Å²) in [7, 11) is 0. The monoisotopic (exact) mass is 277 g/mol. The largest absolute Gasteiger partial charge is 0.393 e. The van der Waals surface area contributed by atoms with Crippen LogP contribution in [-0.4, -0.2) is 40.2 Å². The third-order valence-corrected chi connectivity index (χ3v) is 4.55. The molecule has 3 atom stereocenters. The Bertz CT molecular complexity index is 388. The maximum Gasteiger partial charge on any atom is 0.0541 e. The number of likely N-dealkylation sites (tertiary alicyclic amines) is 1. The van der Waals surface area contributed by atoms with E-state index in [4.69, 9.17) is 5.73 Å². The van der Waals surface area contributed by atoms with Gasteiger partial charge in [0.05, 0.1) is 12.1 Å². The first-order valence-corrected chi connectivity index (χ1v) is 7.71. The van der Waals surface area contributed by atoms with Gasteiger partial charge in [-0.2, -0.15) is 0 Å². The van der Waals surface area contributed by atoms with Crippen molar-refractivity contribution in [3.8, 4) is 0 Å². The van der Waals surface area contributed by atoms with Gasteiger partial charge < -0.3 is 10.8 Å². The van der Waals surface area contributed by atoms with Crippen LogP contribution >= 0.6 is 0 Å². The van der Waals surface area contributed by atoms with Gasteiger partial charge in [0.25, 0.3) is 0 Å². The molecular weight excluding hydrogens is 250 g/mol. The Morgan fingerprint density at radius 1 is 1.45 bits per heavy atom. The van der Waals surface area contributed by atoms with Gasteiger partial charge in [0.1, 0.15) is 0 Å². The minimum atomic E-state index is -0.200. The zero-order valence-electron chi connectivity index (χ0n) is 12.6. The van der Waals surface area contributed by atoms with Gasteiger partial charge >= 0.3 is 0 Å². The Morgan fingerprint density at radius 2 is 2.15 bits per heavy atom. The summed E-state index contributed by atoms with van der Waals surface area (Å²) in [4.78, 5) is 6.70. The summed E-state index contributed by atoms with van der Waals surface area (Å²) in [5.41, 5.74) is 7.56. The van der Waals surface area contributed by atoms with Crippen molar-refractivity contribution < 1.29 is 5.11 Å². The SMILES string of the molecule is CCC(N)C(c1cccnc1)N1CCC(C(C)O)CC1. The maximum absolute atomic E-state index is 9.72. The summed E-state index contributed by atoms with van der Waals surface area (Å²) >= 11 is 0. The normalized spacial score (nSPS) is 22.4. The Morgan fingerprint density at radius 3 is 2.65 bits per heavy atom. The van der Waals surface area contributed by atoms with Crippen molar-refractivity contribution in [1.82, 2.24) is 9.88 Å². The zero-order chi connectivity index (χ0) is 14.5. The predicted octanol–water partition coefficient (Wildman–Crippen LogP) is 1.95. The fourth-order valence-corrected chi connectivity index (χ4v) is 3.18.